The summed E-state index contributed by atoms with van der Waals surface area (Å²) < 4.78 is 60.2. The van der Waals surface area contributed by atoms with Gasteiger partial charge in [-0.15, -0.1) is 0 Å². The standard InChI is InChI=1S/C27H29ClF2N6O2S/c1-14(2)36-26-20(15-3-7-17(31)8-4-15)13-33-27(32)24(26)25(34-36)19-11-22(30)23(12-21(19)29)35-39(37,38)18-9-5-16(28)6-10-18/h5-6,9-15,17,35H,3-4,7-8,31H2,1-2H3,(H2,32,33)/t15-,17-. The Bertz CT molecular complexity index is 1650. The van der Waals surface area contributed by atoms with E-state index in [1.54, 1.807) is 10.9 Å². The fourth-order valence-electron chi connectivity index (χ4n) is 5.13. The molecule has 1 saturated carbocycles. The minimum absolute atomic E-state index is 0.106. The van der Waals surface area contributed by atoms with Gasteiger partial charge in [0.05, 0.1) is 21.5 Å². The summed E-state index contributed by atoms with van der Waals surface area (Å²) in [5, 5.41) is 5.44. The molecule has 12 heteroatoms. The second-order valence-electron chi connectivity index (χ2n) is 10.2. The Morgan fingerprint density at radius 3 is 2.38 bits per heavy atom. The first-order chi connectivity index (χ1) is 18.5. The van der Waals surface area contributed by atoms with Crippen LogP contribution in [0.25, 0.3) is 22.2 Å². The van der Waals surface area contributed by atoms with Crippen molar-refractivity contribution in [2.45, 2.75) is 62.4 Å². The van der Waals surface area contributed by atoms with Crippen molar-refractivity contribution in [2.24, 2.45) is 5.73 Å². The van der Waals surface area contributed by atoms with E-state index >= 15 is 8.78 Å². The van der Waals surface area contributed by atoms with Crippen LogP contribution in [-0.4, -0.2) is 29.2 Å². The molecular weight excluding hydrogens is 546 g/mol. The summed E-state index contributed by atoms with van der Waals surface area (Å²) >= 11 is 5.83. The number of rotatable bonds is 6. The third-order valence-corrected chi connectivity index (χ3v) is 8.80. The molecule has 4 aromatic rings. The smallest absolute Gasteiger partial charge is 0.261 e. The van der Waals surface area contributed by atoms with Gasteiger partial charge in [0.1, 0.15) is 23.1 Å². The summed E-state index contributed by atoms with van der Waals surface area (Å²) in [5.41, 5.74) is 13.6. The van der Waals surface area contributed by atoms with Gasteiger partial charge in [0.15, 0.2) is 0 Å². The van der Waals surface area contributed by atoms with Gasteiger partial charge in [-0.05, 0) is 81.3 Å². The average Bonchev–Trinajstić information content (AvgIpc) is 3.29. The predicted octanol–water partition coefficient (Wildman–Crippen LogP) is 5.98. The Hall–Kier alpha value is -3.28. The van der Waals surface area contributed by atoms with Crippen LogP contribution >= 0.6 is 11.6 Å². The first kappa shape index (κ1) is 27.3. The molecule has 1 aliphatic carbocycles. The molecule has 2 aromatic carbocycles. The van der Waals surface area contributed by atoms with Crippen molar-refractivity contribution in [3.63, 3.8) is 0 Å². The van der Waals surface area contributed by atoms with E-state index in [1.165, 1.54) is 24.3 Å². The predicted molar refractivity (Wildman–Crippen MR) is 149 cm³/mol. The third kappa shape index (κ3) is 5.18. The number of fused-ring (bicyclic) bond motifs is 1. The molecule has 1 aliphatic rings. The van der Waals surface area contributed by atoms with E-state index in [0.29, 0.717) is 10.4 Å². The summed E-state index contributed by atoms with van der Waals surface area (Å²) in [7, 11) is -4.19. The number of nitrogens with two attached hydrogens (primary N) is 2. The van der Waals surface area contributed by atoms with E-state index in [-0.39, 0.29) is 40.0 Å². The van der Waals surface area contributed by atoms with Crippen LogP contribution in [-0.2, 0) is 10.0 Å². The second-order valence-corrected chi connectivity index (χ2v) is 12.3. The summed E-state index contributed by atoms with van der Waals surface area (Å²) in [4.78, 5) is 4.25. The maximum atomic E-state index is 15.6. The molecule has 0 aliphatic heterocycles. The highest BCUT2D eigenvalue weighted by Gasteiger charge is 2.29. The average molecular weight is 575 g/mol. The summed E-state index contributed by atoms with van der Waals surface area (Å²) in [6.07, 6.45) is 5.27. The van der Waals surface area contributed by atoms with Crippen LogP contribution in [0, 0.1) is 11.6 Å². The van der Waals surface area contributed by atoms with Crippen molar-refractivity contribution >= 4 is 44.0 Å². The van der Waals surface area contributed by atoms with Crippen LogP contribution in [0.2, 0.25) is 5.02 Å². The number of pyridine rings is 1. The van der Waals surface area contributed by atoms with Crippen molar-refractivity contribution in [3.8, 4) is 11.3 Å². The molecule has 2 aromatic heterocycles. The molecule has 5 N–H and O–H groups in total. The van der Waals surface area contributed by atoms with Gasteiger partial charge in [-0.2, -0.15) is 5.10 Å². The Balaban J connectivity index is 1.60. The molecule has 206 valence electrons. The van der Waals surface area contributed by atoms with Crippen molar-refractivity contribution in [2.75, 3.05) is 10.5 Å². The first-order valence-corrected chi connectivity index (χ1v) is 14.5. The van der Waals surface area contributed by atoms with Gasteiger partial charge in [0.25, 0.3) is 10.0 Å². The number of hydrogen-bond donors (Lipinski definition) is 3. The minimum Gasteiger partial charge on any atom is -0.383 e. The summed E-state index contributed by atoms with van der Waals surface area (Å²) in [6, 6.07) is 7.10. The van der Waals surface area contributed by atoms with E-state index in [2.05, 4.69) is 14.8 Å². The minimum atomic E-state index is -4.19. The highest BCUT2D eigenvalue weighted by molar-refractivity contribution is 7.92. The van der Waals surface area contributed by atoms with Crippen molar-refractivity contribution in [1.82, 2.24) is 14.8 Å². The molecule has 0 amide bonds. The van der Waals surface area contributed by atoms with Gasteiger partial charge >= 0.3 is 0 Å². The van der Waals surface area contributed by atoms with E-state index in [4.69, 9.17) is 23.1 Å². The van der Waals surface area contributed by atoms with Crippen LogP contribution in [0.1, 0.15) is 57.1 Å². The maximum Gasteiger partial charge on any atom is 0.261 e. The Morgan fingerprint density at radius 1 is 1.08 bits per heavy atom. The molecular formula is C27H29ClF2N6O2S. The lowest BCUT2D eigenvalue weighted by Crippen LogP contribution is -2.26. The number of halogens is 3. The number of anilines is 2. The number of benzene rings is 2. The monoisotopic (exact) mass is 574 g/mol. The lowest BCUT2D eigenvalue weighted by Gasteiger charge is -2.27. The van der Waals surface area contributed by atoms with Crippen LogP contribution in [0.3, 0.4) is 0 Å². The largest absolute Gasteiger partial charge is 0.383 e. The Labute approximate surface area is 230 Å². The zero-order valence-electron chi connectivity index (χ0n) is 21.5. The van der Waals surface area contributed by atoms with E-state index in [9.17, 15) is 8.42 Å². The molecule has 0 bridgehead atoms. The van der Waals surface area contributed by atoms with Gasteiger partial charge in [-0.25, -0.2) is 22.2 Å². The lowest BCUT2D eigenvalue weighted by molar-refractivity contribution is 0.395. The third-order valence-electron chi connectivity index (χ3n) is 7.16. The topological polar surface area (TPSA) is 129 Å². The van der Waals surface area contributed by atoms with Crippen LogP contribution in [0.5, 0.6) is 0 Å². The molecule has 5 rings (SSSR count). The van der Waals surface area contributed by atoms with E-state index in [1.807, 2.05) is 13.8 Å². The number of sulfonamides is 1. The fraction of sp³-hybridized carbons (Fsp3) is 0.333. The quantitative estimate of drug-likeness (QED) is 0.260. The summed E-state index contributed by atoms with van der Waals surface area (Å²) in [5.74, 6) is -1.50. The molecule has 8 nitrogen and oxygen atoms in total. The number of nitrogens with one attached hydrogen (secondary N) is 1. The van der Waals surface area contributed by atoms with Gasteiger partial charge in [-0.3, -0.25) is 9.40 Å². The SMILES string of the molecule is CC(C)n1nc(-c2cc(F)c(NS(=O)(=O)c3ccc(Cl)cc3)cc2F)c2c(N)ncc([C@H]3CC[C@H](N)CC3)c21. The highest BCUT2D eigenvalue weighted by atomic mass is 35.5. The van der Waals surface area contributed by atoms with Crippen LogP contribution in [0.4, 0.5) is 20.3 Å². The lowest BCUT2D eigenvalue weighted by atomic mass is 9.82. The molecule has 0 atom stereocenters. The Kier molecular flexibility index (Phi) is 7.25. The van der Waals surface area contributed by atoms with Crippen molar-refractivity contribution in [1.29, 1.82) is 0 Å². The molecule has 0 unspecified atom stereocenters. The van der Waals surface area contributed by atoms with Gasteiger partial charge in [0.2, 0.25) is 0 Å². The van der Waals surface area contributed by atoms with Crippen molar-refractivity contribution < 1.29 is 17.2 Å². The van der Waals surface area contributed by atoms with Crippen LogP contribution in [0.15, 0.2) is 47.5 Å². The normalized spacial score (nSPS) is 18.1. The number of aromatic nitrogens is 3. The molecule has 2 heterocycles. The molecule has 0 saturated heterocycles. The molecule has 1 fully saturated rings. The Morgan fingerprint density at radius 2 is 1.74 bits per heavy atom. The molecule has 0 spiro atoms. The zero-order valence-corrected chi connectivity index (χ0v) is 23.0. The molecule has 39 heavy (non-hydrogen) atoms. The second kappa shape index (κ2) is 10.4. The number of hydrogen-bond acceptors (Lipinski definition) is 6. The maximum absolute atomic E-state index is 15.6. The van der Waals surface area contributed by atoms with E-state index < -0.39 is 27.3 Å². The van der Waals surface area contributed by atoms with Gasteiger partial charge in [-0.1, -0.05) is 11.6 Å². The number of nitrogens with zero attached hydrogens (tertiary/aromatic N) is 3. The van der Waals surface area contributed by atoms with Gasteiger partial charge < -0.3 is 11.5 Å². The number of nitrogen functional groups attached to an aromatic ring is 1. The van der Waals surface area contributed by atoms with Crippen molar-refractivity contribution in [3.05, 3.63) is 64.8 Å². The van der Waals surface area contributed by atoms with E-state index in [0.717, 1.165) is 48.9 Å². The zero-order chi connectivity index (χ0) is 28.1. The first-order valence-electron chi connectivity index (χ1n) is 12.7. The highest BCUT2D eigenvalue weighted by Crippen LogP contribution is 2.42. The fourth-order valence-corrected chi connectivity index (χ4v) is 6.32. The van der Waals surface area contributed by atoms with Crippen LogP contribution < -0.4 is 16.2 Å². The summed E-state index contributed by atoms with van der Waals surface area (Å²) in [6.45, 7) is 3.89. The van der Waals surface area contributed by atoms with Gasteiger partial charge in [0, 0.05) is 34.9 Å². The molecule has 0 radical (unpaired) electrons.